The van der Waals surface area contributed by atoms with Gasteiger partial charge in [-0.15, -0.1) is 0 Å². The van der Waals surface area contributed by atoms with E-state index in [9.17, 15) is 14.9 Å². The molecule has 0 bridgehead atoms. The van der Waals surface area contributed by atoms with Crippen LogP contribution < -0.4 is 10.1 Å². The van der Waals surface area contributed by atoms with E-state index >= 15 is 0 Å². The molecule has 0 aliphatic carbocycles. The van der Waals surface area contributed by atoms with Crippen molar-refractivity contribution in [3.8, 4) is 17.2 Å². The molecule has 174 valence electrons. The molecule has 1 N–H and O–H groups in total. The van der Waals surface area contributed by atoms with Crippen LogP contribution in [0.15, 0.2) is 81.7 Å². The first kappa shape index (κ1) is 22.5. The van der Waals surface area contributed by atoms with Crippen LogP contribution in [-0.2, 0) is 0 Å². The van der Waals surface area contributed by atoms with E-state index in [2.05, 4.69) is 26.2 Å². The van der Waals surface area contributed by atoms with Crippen molar-refractivity contribution in [2.24, 2.45) is 0 Å². The Balaban J connectivity index is 1.45. The van der Waals surface area contributed by atoms with E-state index in [0.717, 1.165) is 20.8 Å². The van der Waals surface area contributed by atoms with Crippen LogP contribution in [0.2, 0.25) is 0 Å². The molecule has 0 atom stereocenters. The van der Waals surface area contributed by atoms with Crippen LogP contribution in [0.25, 0.3) is 33.3 Å². The van der Waals surface area contributed by atoms with Gasteiger partial charge in [0.25, 0.3) is 5.91 Å². The van der Waals surface area contributed by atoms with Gasteiger partial charge in [-0.25, -0.2) is 4.98 Å². The van der Waals surface area contributed by atoms with Crippen LogP contribution in [0.3, 0.4) is 0 Å². The fourth-order valence-electron chi connectivity index (χ4n) is 3.86. The fraction of sp³-hybridized carbons (Fsp3) is 0.0769. The van der Waals surface area contributed by atoms with Crippen molar-refractivity contribution >= 4 is 55.1 Å². The van der Waals surface area contributed by atoms with Crippen LogP contribution in [0, 0.1) is 10.1 Å². The number of amides is 1. The Labute approximate surface area is 207 Å². The van der Waals surface area contributed by atoms with Crippen molar-refractivity contribution in [2.45, 2.75) is 6.92 Å². The molecule has 5 aromatic rings. The Morgan fingerprint density at radius 3 is 2.69 bits per heavy atom. The highest BCUT2D eigenvalue weighted by Gasteiger charge is 2.19. The summed E-state index contributed by atoms with van der Waals surface area (Å²) in [7, 11) is 0. The van der Waals surface area contributed by atoms with Crippen LogP contribution >= 0.6 is 15.9 Å². The number of halogens is 1. The van der Waals surface area contributed by atoms with Gasteiger partial charge in [-0.05, 0) is 60.2 Å². The summed E-state index contributed by atoms with van der Waals surface area (Å²) >= 11 is 3.58. The standard InChI is InChI=1S/C26H18BrN3O5/c1-2-34-24-11-9-15(13-22(24)30(32)33)25(31)28-16-10-12-23-21(14-16)29-26(35-23)19-7-3-6-18-17(19)5-4-8-20(18)27/h3-14H,2H2,1H3,(H,28,31). The third-order valence-electron chi connectivity index (χ3n) is 5.46. The number of nitrogens with zero attached hydrogens (tertiary/aromatic N) is 2. The van der Waals surface area contributed by atoms with Gasteiger partial charge in [0.2, 0.25) is 5.89 Å². The number of rotatable bonds is 6. The van der Waals surface area contributed by atoms with E-state index in [1.165, 1.54) is 18.2 Å². The van der Waals surface area contributed by atoms with Gasteiger partial charge in [0.1, 0.15) is 5.52 Å². The molecule has 1 aromatic heterocycles. The highest BCUT2D eigenvalue weighted by Crippen LogP contribution is 2.34. The van der Waals surface area contributed by atoms with Gasteiger partial charge in [0, 0.05) is 27.4 Å². The predicted octanol–water partition coefficient (Wildman–Crippen LogP) is 6.97. The van der Waals surface area contributed by atoms with Crippen molar-refractivity contribution in [1.82, 2.24) is 4.98 Å². The minimum atomic E-state index is -0.573. The second-order valence-corrected chi connectivity index (χ2v) is 8.52. The van der Waals surface area contributed by atoms with E-state index in [-0.39, 0.29) is 23.6 Å². The van der Waals surface area contributed by atoms with Crippen molar-refractivity contribution in [2.75, 3.05) is 11.9 Å². The lowest BCUT2D eigenvalue weighted by molar-refractivity contribution is -0.385. The zero-order chi connectivity index (χ0) is 24.5. The average molecular weight is 532 g/mol. The summed E-state index contributed by atoms with van der Waals surface area (Å²) in [6.45, 7) is 2.01. The number of fused-ring (bicyclic) bond motifs is 2. The van der Waals surface area contributed by atoms with Gasteiger partial charge in [-0.2, -0.15) is 0 Å². The summed E-state index contributed by atoms with van der Waals surface area (Å²) in [5.41, 5.74) is 2.36. The molecule has 4 aromatic carbocycles. The minimum Gasteiger partial charge on any atom is -0.487 e. The van der Waals surface area contributed by atoms with E-state index in [0.29, 0.717) is 22.7 Å². The average Bonchev–Trinajstić information content (AvgIpc) is 3.27. The molecule has 1 amide bonds. The molecule has 0 saturated heterocycles. The van der Waals surface area contributed by atoms with Crippen LogP contribution in [0.4, 0.5) is 11.4 Å². The summed E-state index contributed by atoms with van der Waals surface area (Å²) in [6, 6.07) is 21.1. The number of oxazole rings is 1. The van der Waals surface area contributed by atoms with Crippen LogP contribution in [0.5, 0.6) is 5.75 Å². The summed E-state index contributed by atoms with van der Waals surface area (Å²) in [6.07, 6.45) is 0. The maximum atomic E-state index is 12.8. The Hall–Kier alpha value is -4.24. The minimum absolute atomic E-state index is 0.117. The van der Waals surface area contributed by atoms with E-state index in [1.807, 2.05) is 36.4 Å². The van der Waals surface area contributed by atoms with Crippen LogP contribution in [0.1, 0.15) is 17.3 Å². The van der Waals surface area contributed by atoms with Crippen molar-refractivity contribution < 1.29 is 18.9 Å². The smallest absolute Gasteiger partial charge is 0.311 e. The van der Waals surface area contributed by atoms with Crippen molar-refractivity contribution in [3.05, 3.63) is 92.9 Å². The zero-order valence-electron chi connectivity index (χ0n) is 18.4. The Kier molecular flexibility index (Phi) is 5.92. The summed E-state index contributed by atoms with van der Waals surface area (Å²) in [5, 5.41) is 16.2. The monoisotopic (exact) mass is 531 g/mol. The Morgan fingerprint density at radius 2 is 1.89 bits per heavy atom. The number of hydrogen-bond donors (Lipinski definition) is 1. The zero-order valence-corrected chi connectivity index (χ0v) is 20.0. The van der Waals surface area contributed by atoms with Gasteiger partial charge in [0.15, 0.2) is 11.3 Å². The fourth-order valence-corrected chi connectivity index (χ4v) is 4.36. The van der Waals surface area contributed by atoms with Gasteiger partial charge in [0.05, 0.1) is 11.5 Å². The second-order valence-electron chi connectivity index (χ2n) is 7.67. The van der Waals surface area contributed by atoms with Gasteiger partial charge < -0.3 is 14.5 Å². The highest BCUT2D eigenvalue weighted by molar-refractivity contribution is 9.10. The molecule has 5 rings (SSSR count). The molecular formula is C26H18BrN3O5. The number of nitro groups is 1. The number of benzene rings is 4. The topological polar surface area (TPSA) is 108 Å². The van der Waals surface area contributed by atoms with Gasteiger partial charge in [-0.3, -0.25) is 14.9 Å². The lowest BCUT2D eigenvalue weighted by Gasteiger charge is -2.07. The third kappa shape index (κ3) is 4.33. The molecule has 9 heteroatoms. The van der Waals surface area contributed by atoms with Gasteiger partial charge in [-0.1, -0.05) is 40.2 Å². The predicted molar refractivity (Wildman–Crippen MR) is 137 cm³/mol. The second kappa shape index (κ2) is 9.19. The molecule has 0 aliphatic heterocycles. The summed E-state index contributed by atoms with van der Waals surface area (Å²) in [5.74, 6) is 0.0958. The number of aromatic nitrogens is 1. The molecule has 0 unspecified atom stereocenters. The molecule has 0 fully saturated rings. The Bertz CT molecular complexity index is 1610. The third-order valence-corrected chi connectivity index (χ3v) is 6.15. The lowest BCUT2D eigenvalue weighted by atomic mass is 10.0. The summed E-state index contributed by atoms with van der Waals surface area (Å²) < 4.78 is 12.3. The molecule has 8 nitrogen and oxygen atoms in total. The number of carbonyl (C=O) groups excluding carboxylic acids is 1. The van der Waals surface area contributed by atoms with Crippen molar-refractivity contribution in [3.63, 3.8) is 0 Å². The molecule has 0 radical (unpaired) electrons. The number of anilines is 1. The number of ether oxygens (including phenoxy) is 1. The quantitative estimate of drug-likeness (QED) is 0.187. The number of hydrogen-bond acceptors (Lipinski definition) is 6. The summed E-state index contributed by atoms with van der Waals surface area (Å²) in [4.78, 5) is 28.2. The first-order valence-electron chi connectivity index (χ1n) is 10.8. The van der Waals surface area contributed by atoms with Gasteiger partial charge >= 0.3 is 5.69 Å². The lowest BCUT2D eigenvalue weighted by Crippen LogP contribution is -2.12. The number of nitro benzene ring substituents is 1. The molecule has 0 aliphatic rings. The normalized spacial score (nSPS) is 11.0. The van der Waals surface area contributed by atoms with Crippen LogP contribution in [-0.4, -0.2) is 22.4 Å². The number of nitrogens with one attached hydrogen (secondary N) is 1. The Morgan fingerprint density at radius 1 is 1.09 bits per heavy atom. The molecule has 0 saturated carbocycles. The van der Waals surface area contributed by atoms with E-state index in [4.69, 9.17) is 9.15 Å². The first-order valence-corrected chi connectivity index (χ1v) is 11.5. The van der Waals surface area contributed by atoms with Crippen molar-refractivity contribution in [1.29, 1.82) is 0 Å². The molecule has 0 spiro atoms. The highest BCUT2D eigenvalue weighted by atomic mass is 79.9. The maximum absolute atomic E-state index is 12.8. The number of carbonyl (C=O) groups is 1. The van der Waals surface area contributed by atoms with E-state index < -0.39 is 10.8 Å². The first-order chi connectivity index (χ1) is 16.9. The molecular weight excluding hydrogens is 514 g/mol. The SMILES string of the molecule is CCOc1ccc(C(=O)Nc2ccc3oc(-c4cccc5c(Br)cccc45)nc3c2)cc1[N+](=O)[O-]. The van der Waals surface area contributed by atoms with E-state index in [1.54, 1.807) is 25.1 Å². The molecule has 1 heterocycles. The largest absolute Gasteiger partial charge is 0.487 e. The maximum Gasteiger partial charge on any atom is 0.311 e. The molecule has 35 heavy (non-hydrogen) atoms.